The van der Waals surface area contributed by atoms with Crippen molar-refractivity contribution in [2.24, 2.45) is 0 Å². The van der Waals surface area contributed by atoms with E-state index < -0.39 is 69.3 Å². The lowest BCUT2D eigenvalue weighted by molar-refractivity contribution is -0.143. The van der Waals surface area contributed by atoms with E-state index in [9.17, 15) is 23.7 Å². The lowest BCUT2D eigenvalue weighted by Gasteiger charge is -2.37. The first kappa shape index (κ1) is 44.1. The van der Waals surface area contributed by atoms with E-state index in [1.807, 2.05) is 0 Å². The molecule has 0 spiro atoms. The van der Waals surface area contributed by atoms with Gasteiger partial charge in [-0.25, -0.2) is 14.4 Å². The van der Waals surface area contributed by atoms with Gasteiger partial charge in [-0.1, -0.05) is 39.0 Å². The molecule has 1 aromatic carbocycles. The second kappa shape index (κ2) is 18.3. The molecule has 2 N–H and O–H groups in total. The van der Waals surface area contributed by atoms with Crippen molar-refractivity contribution in [1.82, 2.24) is 14.9 Å². The number of esters is 1. The van der Waals surface area contributed by atoms with Crippen molar-refractivity contribution in [2.45, 2.75) is 129 Å². The Bertz CT molecular complexity index is 1730. The highest BCUT2D eigenvalue weighted by atomic mass is 31.2. The van der Waals surface area contributed by atoms with Gasteiger partial charge in [0.25, 0.3) is 5.56 Å². The molecule has 0 saturated carbocycles. The quantitative estimate of drug-likeness (QED) is 0.0630. The third-order valence-corrected chi connectivity index (χ3v) is 15.8. The predicted octanol–water partition coefficient (Wildman–Crippen LogP) is 6.04. The number of alkyl carbamates (subject to hydrolysis) is 1. The molecule has 0 radical (unpaired) electrons. The highest BCUT2D eigenvalue weighted by Crippen LogP contribution is 2.51. The van der Waals surface area contributed by atoms with Crippen LogP contribution in [0.1, 0.15) is 84.6 Å². The van der Waals surface area contributed by atoms with Gasteiger partial charge in [-0.3, -0.25) is 23.4 Å². The number of hydrogen-bond acceptors (Lipinski definition) is 11. The number of nitrogens with one attached hydrogen (secondary N) is 2. The van der Waals surface area contributed by atoms with E-state index in [1.54, 1.807) is 58.0 Å². The first-order valence-corrected chi connectivity index (χ1v) is 22.4. The van der Waals surface area contributed by atoms with Crippen LogP contribution in [0.2, 0.25) is 18.1 Å². The number of aromatic amines is 1. The van der Waals surface area contributed by atoms with E-state index in [0.717, 1.165) is 12.8 Å². The second-order valence-electron chi connectivity index (χ2n) is 15.8. The van der Waals surface area contributed by atoms with Gasteiger partial charge in [-0.05, 0) is 82.8 Å². The van der Waals surface area contributed by atoms with Crippen LogP contribution in [0, 0.1) is 6.92 Å². The van der Waals surface area contributed by atoms with Crippen molar-refractivity contribution in [3.8, 4) is 0 Å². The molecule has 16 heteroatoms. The Kier molecular flexibility index (Phi) is 15.2. The van der Waals surface area contributed by atoms with Crippen molar-refractivity contribution >= 4 is 33.3 Å². The number of rotatable bonds is 17. The molecule has 2 aromatic rings. The Morgan fingerprint density at radius 1 is 1.13 bits per heavy atom. The molecule has 0 aliphatic carbocycles. The summed E-state index contributed by atoms with van der Waals surface area (Å²) in [6.45, 7) is 21.3. The Balaban J connectivity index is 1.95. The van der Waals surface area contributed by atoms with Crippen molar-refractivity contribution < 1.29 is 41.8 Å². The minimum Gasteiger partial charge on any atom is -0.467 e. The number of carbonyl (C=O) groups is 2. The molecule has 296 valence electrons. The molecular formula is C37H58N3O11PSi. The van der Waals surface area contributed by atoms with E-state index in [1.165, 1.54) is 17.9 Å². The fourth-order valence-electron chi connectivity index (χ4n) is 5.19. The number of benzene rings is 1. The third-order valence-electron chi connectivity index (χ3n) is 9.26. The summed E-state index contributed by atoms with van der Waals surface area (Å²) in [5.74, 6) is -0.657. The number of H-pyrrole nitrogens is 1. The normalized spacial score (nSPS) is 19.6. The molecule has 1 fully saturated rings. The summed E-state index contributed by atoms with van der Waals surface area (Å²) < 4.78 is 51.9. The number of amides is 1. The first-order valence-electron chi connectivity index (χ1n) is 17.9. The van der Waals surface area contributed by atoms with E-state index in [0.29, 0.717) is 17.5 Å². The van der Waals surface area contributed by atoms with Gasteiger partial charge in [0.15, 0.2) is 8.32 Å². The zero-order chi connectivity index (χ0) is 39.8. The molecule has 1 aliphatic heterocycles. The maximum Gasteiger partial charge on any atom is 0.408 e. The van der Waals surface area contributed by atoms with Crippen LogP contribution < -0.4 is 21.9 Å². The topological polar surface area (TPSA) is 173 Å². The summed E-state index contributed by atoms with van der Waals surface area (Å²) in [5.41, 5.74) is -0.939. The Labute approximate surface area is 313 Å². The average molecular weight is 780 g/mol. The van der Waals surface area contributed by atoms with Crippen molar-refractivity contribution in [3.63, 3.8) is 0 Å². The van der Waals surface area contributed by atoms with Crippen molar-refractivity contribution in [2.75, 3.05) is 20.3 Å². The molecular weight excluding hydrogens is 721 g/mol. The molecule has 53 heavy (non-hydrogen) atoms. The summed E-state index contributed by atoms with van der Waals surface area (Å²) in [4.78, 5) is 52.4. The molecule has 0 bridgehead atoms. The second-order valence-corrected chi connectivity index (χ2v) is 22.6. The summed E-state index contributed by atoms with van der Waals surface area (Å²) in [7, 11) is -5.09. The standard InChI is InChI=1S/C37H58N3O11PSi/c1-12-13-14-15-20-47-52(45,27-18-16-26(17-19-27)21-28(33(42)46-9)38-35(44)50-36(3,4)5)51-29-22-31(40-23-25(2)32(41)39-34(40)43)49-30(29)24-48-53(10,11)37(6,7)8/h12,16-19,23,28-31H,1,13-15,20-22,24H2,2-11H3,(H,38,44)(H,39,41,43)/t28-,29-,30+,31+,52?/m0/s1. The van der Waals surface area contributed by atoms with Crippen LogP contribution in [0.4, 0.5) is 4.79 Å². The molecule has 1 aliphatic rings. The number of carbonyl (C=O) groups excluding carboxylic acids is 2. The van der Waals surface area contributed by atoms with Gasteiger partial charge < -0.3 is 28.5 Å². The zero-order valence-corrected chi connectivity index (χ0v) is 34.7. The number of allylic oxidation sites excluding steroid dienone is 1. The van der Waals surface area contributed by atoms with Gasteiger partial charge in [0.05, 0.1) is 25.6 Å². The lowest BCUT2D eigenvalue weighted by atomic mass is 10.1. The Morgan fingerprint density at radius 2 is 1.79 bits per heavy atom. The fourth-order valence-corrected chi connectivity index (χ4v) is 8.00. The number of nitrogens with zero attached hydrogens (tertiary/aromatic N) is 1. The van der Waals surface area contributed by atoms with Crippen LogP contribution in [-0.4, -0.2) is 74.1 Å². The van der Waals surface area contributed by atoms with E-state index in [2.05, 4.69) is 50.7 Å². The summed E-state index contributed by atoms with van der Waals surface area (Å²) in [6, 6.07) is 5.51. The summed E-state index contributed by atoms with van der Waals surface area (Å²) in [5, 5.41) is 2.73. The largest absolute Gasteiger partial charge is 0.467 e. The SMILES string of the molecule is C=CCCCCOP(=O)(O[C@H]1C[C@H](n2cc(C)c(=O)[nH]c2=O)O[C@@H]1CO[Si](C)(C)C(C)(C)C)c1ccc(C[C@H](NC(=O)OC(C)(C)C)C(=O)OC)cc1. The number of unbranched alkanes of at least 4 members (excludes halogenated alkanes) is 2. The van der Waals surface area contributed by atoms with Gasteiger partial charge >= 0.3 is 25.3 Å². The molecule has 2 heterocycles. The first-order chi connectivity index (χ1) is 24.6. The van der Waals surface area contributed by atoms with E-state index in [4.69, 9.17) is 27.7 Å². The summed E-state index contributed by atoms with van der Waals surface area (Å²) >= 11 is 0. The van der Waals surface area contributed by atoms with Crippen LogP contribution in [0.25, 0.3) is 0 Å². The highest BCUT2D eigenvalue weighted by molar-refractivity contribution is 7.62. The van der Waals surface area contributed by atoms with Gasteiger partial charge in [-0.15, -0.1) is 6.58 Å². The Hall–Kier alpha value is -3.33. The number of methoxy groups -OCH3 is 1. The average Bonchev–Trinajstić information content (AvgIpc) is 3.45. The maximum absolute atomic E-state index is 14.9. The molecule has 3 rings (SSSR count). The third kappa shape index (κ3) is 12.6. The van der Waals surface area contributed by atoms with E-state index >= 15 is 0 Å². The fraction of sp³-hybridized carbons (Fsp3) is 0.622. The lowest BCUT2D eigenvalue weighted by Crippen LogP contribution is -2.45. The maximum atomic E-state index is 14.9. The molecule has 1 aromatic heterocycles. The van der Waals surface area contributed by atoms with Crippen LogP contribution in [-0.2, 0) is 43.5 Å². The minimum atomic E-state index is -4.05. The van der Waals surface area contributed by atoms with Gasteiger partial charge in [0.2, 0.25) is 0 Å². The minimum absolute atomic E-state index is 0.0676. The highest BCUT2D eigenvalue weighted by Gasteiger charge is 2.45. The summed E-state index contributed by atoms with van der Waals surface area (Å²) in [6.07, 6.45) is 2.40. The van der Waals surface area contributed by atoms with Gasteiger partial charge in [0, 0.05) is 24.6 Å². The van der Waals surface area contributed by atoms with Crippen molar-refractivity contribution in [3.05, 3.63) is 75.1 Å². The van der Waals surface area contributed by atoms with Crippen LogP contribution in [0.15, 0.2) is 52.7 Å². The van der Waals surface area contributed by atoms with Crippen LogP contribution >= 0.6 is 7.60 Å². The molecule has 1 saturated heterocycles. The number of hydrogen-bond donors (Lipinski definition) is 2. The Morgan fingerprint density at radius 3 is 2.38 bits per heavy atom. The van der Waals surface area contributed by atoms with Gasteiger partial charge in [0.1, 0.15) is 30.1 Å². The van der Waals surface area contributed by atoms with Crippen molar-refractivity contribution in [1.29, 1.82) is 0 Å². The number of aromatic nitrogens is 2. The molecule has 1 unspecified atom stereocenters. The smallest absolute Gasteiger partial charge is 0.408 e. The zero-order valence-electron chi connectivity index (χ0n) is 32.8. The monoisotopic (exact) mass is 779 g/mol. The van der Waals surface area contributed by atoms with Gasteiger partial charge in [-0.2, -0.15) is 0 Å². The molecule has 5 atom stereocenters. The van der Waals surface area contributed by atoms with Crippen LogP contribution in [0.5, 0.6) is 0 Å². The molecule has 1 amide bonds. The van der Waals surface area contributed by atoms with E-state index in [-0.39, 0.29) is 36.4 Å². The molecule has 14 nitrogen and oxygen atoms in total. The number of ether oxygens (including phenoxy) is 3. The van der Waals surface area contributed by atoms with Crippen LogP contribution in [0.3, 0.4) is 0 Å². The predicted molar refractivity (Wildman–Crippen MR) is 205 cm³/mol. The number of aryl methyl sites for hydroxylation is 1.